The lowest BCUT2D eigenvalue weighted by atomic mass is 10.1. The molecule has 4 nitrogen and oxygen atoms in total. The van der Waals surface area contributed by atoms with E-state index in [4.69, 9.17) is 10.00 Å². The summed E-state index contributed by atoms with van der Waals surface area (Å²) in [5.41, 5.74) is 3.13. The van der Waals surface area contributed by atoms with Gasteiger partial charge in [0.2, 0.25) is 6.10 Å². The number of hydrogen-bond donors (Lipinski definition) is 1. The number of benzene rings is 3. The summed E-state index contributed by atoms with van der Waals surface area (Å²) in [5, 5.41) is 11.8. The fourth-order valence-electron chi connectivity index (χ4n) is 2.49. The maximum Gasteiger partial charge on any atom is 0.270 e. The van der Waals surface area contributed by atoms with Crippen LogP contribution in [0.15, 0.2) is 78.9 Å². The van der Waals surface area contributed by atoms with E-state index in [1.807, 2.05) is 61.5 Å². The number of hydrogen-bond acceptors (Lipinski definition) is 3. The van der Waals surface area contributed by atoms with E-state index < -0.39 is 6.10 Å². The van der Waals surface area contributed by atoms with E-state index in [1.54, 1.807) is 24.3 Å². The van der Waals surface area contributed by atoms with Gasteiger partial charge in [0.1, 0.15) is 5.75 Å². The van der Waals surface area contributed by atoms with Gasteiger partial charge in [-0.2, -0.15) is 5.26 Å². The van der Waals surface area contributed by atoms with Crippen LogP contribution in [-0.2, 0) is 4.79 Å². The normalized spacial score (nSPS) is 11.2. The minimum atomic E-state index is -0.801. The quantitative estimate of drug-likeness (QED) is 0.735. The molecule has 0 spiro atoms. The second-order valence-electron chi connectivity index (χ2n) is 5.90. The second-order valence-corrected chi connectivity index (χ2v) is 5.90. The molecule has 4 heteroatoms. The van der Waals surface area contributed by atoms with E-state index in [1.165, 1.54) is 0 Å². The van der Waals surface area contributed by atoms with Crippen molar-refractivity contribution in [2.45, 2.75) is 13.0 Å². The SMILES string of the molecule is Cc1ccc(NC(=O)[C@H](Oc2ccc(C#N)cc2)c2ccccc2)cc1. The summed E-state index contributed by atoms with van der Waals surface area (Å²) < 4.78 is 5.94. The zero-order chi connectivity index (χ0) is 18.4. The average Bonchev–Trinajstić information content (AvgIpc) is 2.69. The van der Waals surface area contributed by atoms with Crippen LogP contribution >= 0.6 is 0 Å². The predicted molar refractivity (Wildman–Crippen MR) is 101 cm³/mol. The van der Waals surface area contributed by atoms with Crippen molar-refractivity contribution in [3.8, 4) is 11.8 Å². The van der Waals surface area contributed by atoms with Crippen molar-refractivity contribution < 1.29 is 9.53 Å². The number of carbonyl (C=O) groups excluding carboxylic acids is 1. The van der Waals surface area contributed by atoms with Crippen LogP contribution in [0.3, 0.4) is 0 Å². The van der Waals surface area contributed by atoms with Crippen LogP contribution in [0.4, 0.5) is 5.69 Å². The summed E-state index contributed by atoms with van der Waals surface area (Å²) in [7, 11) is 0. The number of anilines is 1. The summed E-state index contributed by atoms with van der Waals surface area (Å²) in [6.07, 6.45) is -0.801. The van der Waals surface area contributed by atoms with Crippen LogP contribution in [0, 0.1) is 18.3 Å². The molecule has 0 aromatic heterocycles. The zero-order valence-electron chi connectivity index (χ0n) is 14.3. The lowest BCUT2D eigenvalue weighted by Crippen LogP contribution is -2.25. The van der Waals surface area contributed by atoms with Crippen molar-refractivity contribution in [1.29, 1.82) is 5.26 Å². The fraction of sp³-hybridized carbons (Fsp3) is 0.0909. The first kappa shape index (κ1) is 17.2. The number of ether oxygens (including phenoxy) is 1. The topological polar surface area (TPSA) is 62.1 Å². The predicted octanol–water partition coefficient (Wildman–Crippen LogP) is 4.63. The first-order chi connectivity index (χ1) is 12.7. The molecule has 128 valence electrons. The molecule has 3 aromatic carbocycles. The molecule has 0 bridgehead atoms. The molecule has 1 atom stereocenters. The number of nitriles is 1. The number of aryl methyl sites for hydroxylation is 1. The number of nitrogens with one attached hydrogen (secondary N) is 1. The Bertz CT molecular complexity index is 911. The third-order valence-corrected chi connectivity index (χ3v) is 3.90. The number of amides is 1. The molecule has 0 aliphatic carbocycles. The van der Waals surface area contributed by atoms with E-state index >= 15 is 0 Å². The van der Waals surface area contributed by atoms with Crippen LogP contribution in [0.5, 0.6) is 5.75 Å². The van der Waals surface area contributed by atoms with Gasteiger partial charge in [-0.3, -0.25) is 4.79 Å². The first-order valence-corrected chi connectivity index (χ1v) is 8.25. The monoisotopic (exact) mass is 342 g/mol. The average molecular weight is 342 g/mol. The van der Waals surface area contributed by atoms with E-state index in [0.29, 0.717) is 17.0 Å². The maximum absolute atomic E-state index is 12.8. The highest BCUT2D eigenvalue weighted by Crippen LogP contribution is 2.24. The Kier molecular flexibility index (Phi) is 5.31. The van der Waals surface area contributed by atoms with Gasteiger partial charge in [0.15, 0.2) is 0 Å². The molecule has 0 aliphatic heterocycles. The molecule has 1 amide bonds. The third kappa shape index (κ3) is 4.28. The number of nitrogens with zero attached hydrogens (tertiary/aromatic N) is 1. The Morgan fingerprint density at radius 1 is 0.962 bits per heavy atom. The Balaban J connectivity index is 1.84. The fourth-order valence-corrected chi connectivity index (χ4v) is 2.49. The van der Waals surface area contributed by atoms with Crippen LogP contribution in [0.1, 0.15) is 22.8 Å². The van der Waals surface area contributed by atoms with E-state index in [0.717, 1.165) is 11.1 Å². The molecule has 1 N–H and O–H groups in total. The highest BCUT2D eigenvalue weighted by molar-refractivity contribution is 5.95. The van der Waals surface area contributed by atoms with Gasteiger partial charge < -0.3 is 10.1 Å². The maximum atomic E-state index is 12.8. The van der Waals surface area contributed by atoms with Crippen LogP contribution < -0.4 is 10.1 Å². The molecule has 0 aliphatic rings. The molecule has 0 heterocycles. The highest BCUT2D eigenvalue weighted by Gasteiger charge is 2.22. The number of rotatable bonds is 5. The molecular formula is C22H18N2O2. The van der Waals surface area contributed by atoms with Gasteiger partial charge in [-0.15, -0.1) is 0 Å². The van der Waals surface area contributed by atoms with Crippen LogP contribution in [0.25, 0.3) is 0 Å². The smallest absolute Gasteiger partial charge is 0.270 e. The van der Waals surface area contributed by atoms with Crippen molar-refractivity contribution in [3.63, 3.8) is 0 Å². The first-order valence-electron chi connectivity index (χ1n) is 8.25. The summed E-state index contributed by atoms with van der Waals surface area (Å²) in [6.45, 7) is 1.99. The van der Waals surface area contributed by atoms with E-state index in [-0.39, 0.29) is 5.91 Å². The van der Waals surface area contributed by atoms with Gasteiger partial charge in [0, 0.05) is 11.3 Å². The lowest BCUT2D eigenvalue weighted by molar-refractivity contribution is -0.123. The molecule has 3 aromatic rings. The third-order valence-electron chi connectivity index (χ3n) is 3.90. The molecule has 3 rings (SSSR count). The summed E-state index contributed by atoms with van der Waals surface area (Å²) in [4.78, 5) is 12.8. The summed E-state index contributed by atoms with van der Waals surface area (Å²) >= 11 is 0. The van der Waals surface area contributed by atoms with E-state index in [2.05, 4.69) is 11.4 Å². The largest absolute Gasteiger partial charge is 0.476 e. The second kappa shape index (κ2) is 8.00. The van der Waals surface area contributed by atoms with Gasteiger partial charge in [-0.25, -0.2) is 0 Å². The molecule has 0 saturated carbocycles. The molecule has 0 fully saturated rings. The molecule has 0 radical (unpaired) electrons. The van der Waals surface area contributed by atoms with Crippen LogP contribution in [0.2, 0.25) is 0 Å². The van der Waals surface area contributed by atoms with Gasteiger partial charge in [0.05, 0.1) is 11.6 Å². The van der Waals surface area contributed by atoms with Crippen molar-refractivity contribution in [3.05, 3.63) is 95.6 Å². The molecular weight excluding hydrogens is 324 g/mol. The van der Waals surface area contributed by atoms with Crippen molar-refractivity contribution >= 4 is 11.6 Å². The van der Waals surface area contributed by atoms with Crippen molar-refractivity contribution in [1.82, 2.24) is 0 Å². The van der Waals surface area contributed by atoms with Crippen molar-refractivity contribution in [2.75, 3.05) is 5.32 Å². The Morgan fingerprint density at radius 2 is 1.62 bits per heavy atom. The highest BCUT2D eigenvalue weighted by atomic mass is 16.5. The van der Waals surface area contributed by atoms with Gasteiger partial charge in [-0.05, 0) is 43.3 Å². The van der Waals surface area contributed by atoms with Gasteiger partial charge in [0.25, 0.3) is 5.91 Å². The standard InChI is InChI=1S/C22H18N2O2/c1-16-7-11-19(12-8-16)24-22(25)21(18-5-3-2-4-6-18)26-20-13-9-17(15-23)10-14-20/h2-14,21H,1H3,(H,24,25)/t21-/m1/s1. The summed E-state index contributed by atoms with van der Waals surface area (Å²) in [6, 6.07) is 25.7. The Labute approximate surface area is 152 Å². The van der Waals surface area contributed by atoms with Crippen molar-refractivity contribution in [2.24, 2.45) is 0 Å². The molecule has 0 unspecified atom stereocenters. The summed E-state index contributed by atoms with van der Waals surface area (Å²) in [5.74, 6) is 0.265. The molecule has 26 heavy (non-hydrogen) atoms. The lowest BCUT2D eigenvalue weighted by Gasteiger charge is -2.19. The van der Waals surface area contributed by atoms with Gasteiger partial charge >= 0.3 is 0 Å². The zero-order valence-corrected chi connectivity index (χ0v) is 14.3. The minimum absolute atomic E-state index is 0.260. The molecule has 0 saturated heterocycles. The van der Waals surface area contributed by atoms with E-state index in [9.17, 15) is 4.79 Å². The minimum Gasteiger partial charge on any atom is -0.476 e. The van der Waals surface area contributed by atoms with Crippen LogP contribution in [-0.4, -0.2) is 5.91 Å². The number of carbonyl (C=O) groups is 1. The van der Waals surface area contributed by atoms with Gasteiger partial charge in [-0.1, -0.05) is 48.0 Å². The Morgan fingerprint density at radius 3 is 2.23 bits per heavy atom. The Hall–Kier alpha value is -3.58.